The van der Waals surface area contributed by atoms with Crippen LogP contribution >= 0.6 is 0 Å². The molecular formula is C41H30N2. The number of anilines is 3. The first-order valence-corrected chi connectivity index (χ1v) is 14.8. The van der Waals surface area contributed by atoms with E-state index in [9.17, 15) is 0 Å². The Balaban J connectivity index is 1.25. The maximum atomic E-state index is 2.32. The van der Waals surface area contributed by atoms with Crippen LogP contribution in [-0.2, 0) is 7.05 Å². The van der Waals surface area contributed by atoms with Gasteiger partial charge in [0.1, 0.15) is 0 Å². The van der Waals surface area contributed by atoms with Gasteiger partial charge in [-0.3, -0.25) is 0 Å². The van der Waals surface area contributed by atoms with Crippen molar-refractivity contribution >= 4 is 49.6 Å². The van der Waals surface area contributed by atoms with Crippen molar-refractivity contribution < 1.29 is 0 Å². The zero-order chi connectivity index (χ0) is 28.8. The van der Waals surface area contributed by atoms with Crippen molar-refractivity contribution in [2.75, 3.05) is 4.90 Å². The van der Waals surface area contributed by atoms with Crippen LogP contribution in [0.15, 0.2) is 164 Å². The molecule has 8 aromatic rings. The van der Waals surface area contributed by atoms with Gasteiger partial charge in [0.25, 0.3) is 0 Å². The molecule has 0 N–H and O–H groups in total. The van der Waals surface area contributed by atoms with Gasteiger partial charge >= 0.3 is 0 Å². The standard InChI is InChI=1S/C41H30N2/c1-42-38-18-10-17-37(40(38)41-36-16-9-8-13-31(36)23-28-39(41)42)32-21-26-35(27-22-32)43(33-14-6-3-7-15-33)34-24-19-30(20-25-34)29-11-4-2-5-12-29/h2-28H,1H3. The lowest BCUT2D eigenvalue weighted by atomic mass is 9.96. The molecule has 0 fully saturated rings. The molecule has 0 amide bonds. The van der Waals surface area contributed by atoms with E-state index >= 15 is 0 Å². The second-order valence-electron chi connectivity index (χ2n) is 11.1. The summed E-state index contributed by atoms with van der Waals surface area (Å²) in [6.07, 6.45) is 0. The molecule has 1 aromatic heterocycles. The van der Waals surface area contributed by atoms with Crippen LogP contribution in [0.5, 0.6) is 0 Å². The lowest BCUT2D eigenvalue weighted by molar-refractivity contribution is 1.01. The zero-order valence-corrected chi connectivity index (χ0v) is 24.0. The van der Waals surface area contributed by atoms with E-state index in [2.05, 4.69) is 180 Å². The van der Waals surface area contributed by atoms with Gasteiger partial charge in [0.2, 0.25) is 0 Å². The van der Waals surface area contributed by atoms with Crippen molar-refractivity contribution in [2.45, 2.75) is 0 Å². The molecule has 0 spiro atoms. The molecule has 0 saturated heterocycles. The first-order chi connectivity index (χ1) is 21.3. The molecule has 2 heteroatoms. The summed E-state index contributed by atoms with van der Waals surface area (Å²) in [5.74, 6) is 0. The minimum absolute atomic E-state index is 1.12. The van der Waals surface area contributed by atoms with Crippen LogP contribution in [-0.4, -0.2) is 4.57 Å². The van der Waals surface area contributed by atoms with Crippen molar-refractivity contribution in [1.29, 1.82) is 0 Å². The Labute approximate surface area is 251 Å². The Morgan fingerprint density at radius 3 is 1.67 bits per heavy atom. The first-order valence-electron chi connectivity index (χ1n) is 14.8. The van der Waals surface area contributed by atoms with Gasteiger partial charge in [0, 0.05) is 45.9 Å². The number of hydrogen-bond donors (Lipinski definition) is 0. The fourth-order valence-electron chi connectivity index (χ4n) is 6.50. The summed E-state index contributed by atoms with van der Waals surface area (Å²) >= 11 is 0. The molecule has 0 bridgehead atoms. The molecule has 1 heterocycles. The summed E-state index contributed by atoms with van der Waals surface area (Å²) in [6, 6.07) is 58.9. The Morgan fingerprint density at radius 1 is 0.395 bits per heavy atom. The van der Waals surface area contributed by atoms with Crippen molar-refractivity contribution in [3.8, 4) is 22.3 Å². The molecule has 0 aliphatic carbocycles. The van der Waals surface area contributed by atoms with Crippen LogP contribution < -0.4 is 4.90 Å². The number of aryl methyl sites for hydroxylation is 1. The predicted octanol–water partition coefficient (Wildman–Crippen LogP) is 11.3. The van der Waals surface area contributed by atoms with Gasteiger partial charge < -0.3 is 9.47 Å². The van der Waals surface area contributed by atoms with Gasteiger partial charge in [0.15, 0.2) is 0 Å². The molecule has 2 nitrogen and oxygen atoms in total. The second-order valence-corrected chi connectivity index (χ2v) is 11.1. The fourth-order valence-corrected chi connectivity index (χ4v) is 6.50. The van der Waals surface area contributed by atoms with Gasteiger partial charge in [-0.15, -0.1) is 0 Å². The molecule has 0 radical (unpaired) electrons. The fraction of sp³-hybridized carbons (Fsp3) is 0.0244. The van der Waals surface area contributed by atoms with Crippen LogP contribution in [0.1, 0.15) is 0 Å². The van der Waals surface area contributed by atoms with E-state index < -0.39 is 0 Å². The summed E-state index contributed by atoms with van der Waals surface area (Å²) in [5, 5.41) is 5.19. The minimum atomic E-state index is 1.12. The highest BCUT2D eigenvalue weighted by atomic mass is 15.1. The second kappa shape index (κ2) is 10.3. The Bertz CT molecular complexity index is 2210. The Hall–Kier alpha value is -5.60. The summed E-state index contributed by atoms with van der Waals surface area (Å²) in [6.45, 7) is 0. The molecule has 0 unspecified atom stereocenters. The highest BCUT2D eigenvalue weighted by molar-refractivity contribution is 6.24. The van der Waals surface area contributed by atoms with E-state index in [0.717, 1.165) is 17.1 Å². The average molecular weight is 551 g/mol. The highest BCUT2D eigenvalue weighted by Gasteiger charge is 2.17. The molecule has 0 atom stereocenters. The smallest absolute Gasteiger partial charge is 0.0495 e. The van der Waals surface area contributed by atoms with Crippen molar-refractivity contribution in [3.63, 3.8) is 0 Å². The molecule has 43 heavy (non-hydrogen) atoms. The van der Waals surface area contributed by atoms with Gasteiger partial charge in [0.05, 0.1) is 0 Å². The first kappa shape index (κ1) is 25.1. The maximum Gasteiger partial charge on any atom is 0.0495 e. The monoisotopic (exact) mass is 550 g/mol. The quantitative estimate of drug-likeness (QED) is 0.207. The number of benzene rings is 7. The summed E-state index contributed by atoms with van der Waals surface area (Å²) in [5.41, 5.74) is 10.8. The number of hydrogen-bond acceptors (Lipinski definition) is 1. The number of para-hydroxylation sites is 1. The van der Waals surface area contributed by atoms with Crippen LogP contribution in [0.3, 0.4) is 0 Å². The molecule has 0 saturated carbocycles. The van der Waals surface area contributed by atoms with E-state index in [4.69, 9.17) is 0 Å². The van der Waals surface area contributed by atoms with Gasteiger partial charge in [-0.25, -0.2) is 0 Å². The lowest BCUT2D eigenvalue weighted by Crippen LogP contribution is -2.09. The zero-order valence-electron chi connectivity index (χ0n) is 24.0. The van der Waals surface area contributed by atoms with Crippen LogP contribution in [0, 0.1) is 0 Å². The largest absolute Gasteiger partial charge is 0.344 e. The lowest BCUT2D eigenvalue weighted by Gasteiger charge is -2.26. The van der Waals surface area contributed by atoms with Crippen LogP contribution in [0.4, 0.5) is 17.1 Å². The van der Waals surface area contributed by atoms with Gasteiger partial charge in [-0.05, 0) is 81.6 Å². The third-order valence-corrected chi connectivity index (χ3v) is 8.61. The number of nitrogens with zero attached hydrogens (tertiary/aromatic N) is 2. The minimum Gasteiger partial charge on any atom is -0.344 e. The van der Waals surface area contributed by atoms with E-state index in [-0.39, 0.29) is 0 Å². The van der Waals surface area contributed by atoms with E-state index in [1.165, 1.54) is 54.8 Å². The third-order valence-electron chi connectivity index (χ3n) is 8.61. The van der Waals surface area contributed by atoms with Gasteiger partial charge in [-0.1, -0.05) is 115 Å². The molecule has 8 rings (SSSR count). The molecule has 0 aliphatic heterocycles. The Morgan fingerprint density at radius 2 is 0.953 bits per heavy atom. The normalized spacial score (nSPS) is 11.4. The number of aromatic nitrogens is 1. The third kappa shape index (κ3) is 4.27. The number of rotatable bonds is 5. The average Bonchev–Trinajstić information content (AvgIpc) is 3.38. The molecule has 7 aromatic carbocycles. The highest BCUT2D eigenvalue weighted by Crippen LogP contribution is 2.41. The predicted molar refractivity (Wildman–Crippen MR) is 183 cm³/mol. The van der Waals surface area contributed by atoms with Crippen molar-refractivity contribution in [2.24, 2.45) is 7.05 Å². The Kier molecular flexibility index (Phi) is 6.05. The van der Waals surface area contributed by atoms with Crippen LogP contribution in [0.25, 0.3) is 54.8 Å². The maximum absolute atomic E-state index is 2.32. The SMILES string of the molecule is Cn1c2cccc(-c3ccc(N(c4ccccc4)c4ccc(-c5ccccc5)cc4)cc3)c2c2c3ccccc3ccc21. The van der Waals surface area contributed by atoms with E-state index in [1.54, 1.807) is 0 Å². The van der Waals surface area contributed by atoms with Crippen molar-refractivity contribution in [3.05, 3.63) is 164 Å². The molecule has 0 aliphatic rings. The topological polar surface area (TPSA) is 8.17 Å². The molecular weight excluding hydrogens is 520 g/mol. The van der Waals surface area contributed by atoms with Gasteiger partial charge in [-0.2, -0.15) is 0 Å². The molecule has 204 valence electrons. The number of fused-ring (bicyclic) bond motifs is 5. The van der Waals surface area contributed by atoms with E-state index in [0.29, 0.717) is 0 Å². The summed E-state index contributed by atoms with van der Waals surface area (Å²) in [4.78, 5) is 2.32. The summed E-state index contributed by atoms with van der Waals surface area (Å²) in [7, 11) is 2.17. The van der Waals surface area contributed by atoms with E-state index in [1.807, 2.05) is 0 Å². The summed E-state index contributed by atoms with van der Waals surface area (Å²) < 4.78 is 2.32. The van der Waals surface area contributed by atoms with Crippen molar-refractivity contribution in [1.82, 2.24) is 4.57 Å². The van der Waals surface area contributed by atoms with Crippen LogP contribution in [0.2, 0.25) is 0 Å².